The molecule has 2 fully saturated rings. The predicted octanol–water partition coefficient (Wildman–Crippen LogP) is 3.07. The number of carbonyl (C=O) groups is 1. The number of nitrogens with one attached hydrogen (secondary N) is 1. The Morgan fingerprint density at radius 3 is 2.62 bits per heavy atom. The average Bonchev–Trinajstić information content (AvgIpc) is 3.31. The molecular weight excluding hydrogens is 368 g/mol. The zero-order chi connectivity index (χ0) is 19.6. The van der Waals surface area contributed by atoms with Crippen molar-refractivity contribution in [3.63, 3.8) is 0 Å². The molecule has 8 heteroatoms. The van der Waals surface area contributed by atoms with Crippen LogP contribution in [0.15, 0.2) is 34.9 Å². The van der Waals surface area contributed by atoms with E-state index in [0.717, 1.165) is 43.1 Å². The summed E-state index contributed by atoms with van der Waals surface area (Å²) in [6, 6.07) is 9.69. The molecule has 29 heavy (non-hydrogen) atoms. The lowest BCUT2D eigenvalue weighted by molar-refractivity contribution is -0.132. The summed E-state index contributed by atoms with van der Waals surface area (Å²) in [6.45, 7) is 1.50. The number of rotatable bonds is 6. The Bertz CT molecular complexity index is 970. The van der Waals surface area contributed by atoms with Gasteiger partial charge < -0.3 is 9.42 Å². The molecule has 2 aromatic heterocycles. The van der Waals surface area contributed by atoms with Crippen molar-refractivity contribution in [2.75, 3.05) is 13.1 Å². The fourth-order valence-electron chi connectivity index (χ4n) is 3.83. The molecule has 0 unspecified atom stereocenters. The van der Waals surface area contributed by atoms with E-state index in [9.17, 15) is 4.79 Å². The van der Waals surface area contributed by atoms with E-state index in [2.05, 4.69) is 25.3 Å². The number of aryl methyl sites for hydroxylation is 1. The monoisotopic (exact) mass is 392 g/mol. The molecule has 1 aliphatic heterocycles. The van der Waals surface area contributed by atoms with Gasteiger partial charge in [0.2, 0.25) is 17.6 Å². The Morgan fingerprint density at radius 2 is 1.86 bits per heavy atom. The van der Waals surface area contributed by atoms with Gasteiger partial charge in [0, 0.05) is 43.3 Å². The van der Waals surface area contributed by atoms with Gasteiger partial charge in [0.1, 0.15) is 5.82 Å². The molecule has 0 radical (unpaired) electrons. The summed E-state index contributed by atoms with van der Waals surface area (Å²) < 4.78 is 5.31. The summed E-state index contributed by atoms with van der Waals surface area (Å²) in [7, 11) is 0. The highest BCUT2D eigenvalue weighted by atomic mass is 16.5. The Labute approximate surface area is 168 Å². The second-order valence-corrected chi connectivity index (χ2v) is 7.89. The standard InChI is InChI=1S/C21H24N6O2/c28-18(9-8-17-22-21(26-29-17)14-4-2-1-3-5-14)27-12-10-16(11-13-27)20-23-19(24-25-20)15-6-7-15/h1-5,15-16H,6-13H2,(H,23,24,25). The van der Waals surface area contributed by atoms with Gasteiger partial charge in [0.05, 0.1) is 0 Å². The average molecular weight is 392 g/mol. The highest BCUT2D eigenvalue weighted by molar-refractivity contribution is 5.76. The number of H-pyrrole nitrogens is 1. The largest absolute Gasteiger partial charge is 0.343 e. The molecule has 1 saturated heterocycles. The fraction of sp³-hybridized carbons (Fsp3) is 0.476. The van der Waals surface area contributed by atoms with Crippen molar-refractivity contribution in [2.24, 2.45) is 0 Å². The molecule has 8 nitrogen and oxygen atoms in total. The topological polar surface area (TPSA) is 101 Å². The summed E-state index contributed by atoms with van der Waals surface area (Å²) in [4.78, 5) is 23.6. The minimum absolute atomic E-state index is 0.138. The van der Waals surface area contributed by atoms with Gasteiger partial charge in [0.25, 0.3) is 0 Å². The number of hydrogen-bond donors (Lipinski definition) is 1. The number of nitrogens with zero attached hydrogens (tertiary/aromatic N) is 5. The zero-order valence-corrected chi connectivity index (χ0v) is 16.3. The van der Waals surface area contributed by atoms with Crippen LogP contribution in [0.25, 0.3) is 11.4 Å². The van der Waals surface area contributed by atoms with Crippen LogP contribution in [-0.2, 0) is 11.2 Å². The molecule has 3 heterocycles. The highest BCUT2D eigenvalue weighted by Crippen LogP contribution is 2.38. The smallest absolute Gasteiger partial charge is 0.227 e. The number of piperidine rings is 1. The lowest BCUT2D eigenvalue weighted by Crippen LogP contribution is -2.38. The molecular formula is C21H24N6O2. The van der Waals surface area contributed by atoms with Gasteiger partial charge in [-0.3, -0.25) is 9.89 Å². The van der Waals surface area contributed by atoms with Gasteiger partial charge >= 0.3 is 0 Å². The molecule has 3 aromatic rings. The van der Waals surface area contributed by atoms with E-state index in [1.165, 1.54) is 12.8 Å². The number of carbonyl (C=O) groups excluding carboxylic acids is 1. The van der Waals surface area contributed by atoms with Crippen LogP contribution in [0.5, 0.6) is 0 Å². The number of benzene rings is 1. The third-order valence-corrected chi connectivity index (χ3v) is 5.75. The van der Waals surface area contributed by atoms with Gasteiger partial charge in [-0.05, 0) is 25.7 Å². The zero-order valence-electron chi connectivity index (χ0n) is 16.3. The Hall–Kier alpha value is -3.03. The molecule has 0 spiro atoms. The number of aromatic nitrogens is 5. The second-order valence-electron chi connectivity index (χ2n) is 7.89. The van der Waals surface area contributed by atoms with Crippen molar-refractivity contribution in [2.45, 2.75) is 50.4 Å². The molecule has 1 aromatic carbocycles. The van der Waals surface area contributed by atoms with E-state index in [1.807, 2.05) is 35.2 Å². The first kappa shape index (κ1) is 18.0. The quantitative estimate of drug-likeness (QED) is 0.692. The summed E-state index contributed by atoms with van der Waals surface area (Å²) in [5.41, 5.74) is 0.910. The summed E-state index contributed by atoms with van der Waals surface area (Å²) in [5, 5.41) is 11.5. The van der Waals surface area contributed by atoms with Crippen molar-refractivity contribution in [1.29, 1.82) is 0 Å². The van der Waals surface area contributed by atoms with Crippen LogP contribution in [-0.4, -0.2) is 49.2 Å². The summed E-state index contributed by atoms with van der Waals surface area (Å²) >= 11 is 0. The molecule has 1 saturated carbocycles. The molecule has 1 aliphatic carbocycles. The molecule has 0 bridgehead atoms. The van der Waals surface area contributed by atoms with Gasteiger partial charge in [0.15, 0.2) is 5.82 Å². The van der Waals surface area contributed by atoms with E-state index in [-0.39, 0.29) is 5.91 Å². The van der Waals surface area contributed by atoms with Crippen LogP contribution in [0.1, 0.15) is 61.5 Å². The first-order valence-electron chi connectivity index (χ1n) is 10.3. The first-order valence-corrected chi connectivity index (χ1v) is 10.3. The Balaban J connectivity index is 1.11. The number of amides is 1. The maximum atomic E-state index is 12.6. The van der Waals surface area contributed by atoms with Crippen molar-refractivity contribution in [3.05, 3.63) is 47.9 Å². The van der Waals surface area contributed by atoms with E-state index in [4.69, 9.17) is 4.52 Å². The molecule has 5 rings (SSSR count). The molecule has 150 valence electrons. The van der Waals surface area contributed by atoms with Gasteiger partial charge in [-0.15, -0.1) is 0 Å². The van der Waals surface area contributed by atoms with E-state index < -0.39 is 0 Å². The molecule has 0 atom stereocenters. The van der Waals surface area contributed by atoms with E-state index >= 15 is 0 Å². The normalized spacial score (nSPS) is 17.6. The van der Waals surface area contributed by atoms with Crippen molar-refractivity contribution in [1.82, 2.24) is 30.2 Å². The van der Waals surface area contributed by atoms with Crippen LogP contribution >= 0.6 is 0 Å². The van der Waals surface area contributed by atoms with E-state index in [0.29, 0.717) is 36.4 Å². The predicted molar refractivity (Wildman–Crippen MR) is 105 cm³/mol. The van der Waals surface area contributed by atoms with Gasteiger partial charge in [-0.2, -0.15) is 10.1 Å². The minimum atomic E-state index is 0.138. The first-order chi connectivity index (χ1) is 14.3. The number of likely N-dealkylation sites (tertiary alicyclic amines) is 1. The van der Waals surface area contributed by atoms with Gasteiger partial charge in [-0.25, -0.2) is 4.98 Å². The highest BCUT2D eigenvalue weighted by Gasteiger charge is 2.30. The van der Waals surface area contributed by atoms with Crippen LogP contribution < -0.4 is 0 Å². The second kappa shape index (κ2) is 7.77. The van der Waals surface area contributed by atoms with E-state index in [1.54, 1.807) is 0 Å². The molecule has 1 N–H and O–H groups in total. The lowest BCUT2D eigenvalue weighted by Gasteiger charge is -2.31. The third kappa shape index (κ3) is 4.06. The SMILES string of the molecule is O=C(CCc1nc(-c2ccccc2)no1)N1CCC(c2nc(C3CC3)n[nH]2)CC1. The Kier molecular flexibility index (Phi) is 4.83. The van der Waals surface area contributed by atoms with Crippen molar-refractivity contribution in [3.8, 4) is 11.4 Å². The third-order valence-electron chi connectivity index (χ3n) is 5.75. The van der Waals surface area contributed by atoms with Crippen LogP contribution in [0.4, 0.5) is 0 Å². The van der Waals surface area contributed by atoms with Gasteiger partial charge in [-0.1, -0.05) is 35.5 Å². The maximum absolute atomic E-state index is 12.6. The molecule has 1 amide bonds. The fourth-order valence-corrected chi connectivity index (χ4v) is 3.83. The summed E-state index contributed by atoms with van der Waals surface area (Å²) in [5.74, 6) is 4.08. The summed E-state index contributed by atoms with van der Waals surface area (Å²) in [6.07, 6.45) is 5.10. The maximum Gasteiger partial charge on any atom is 0.227 e. The number of hydrogen-bond acceptors (Lipinski definition) is 6. The Morgan fingerprint density at radius 1 is 1.07 bits per heavy atom. The number of aromatic amines is 1. The minimum Gasteiger partial charge on any atom is -0.343 e. The van der Waals surface area contributed by atoms with Crippen LogP contribution in [0.3, 0.4) is 0 Å². The van der Waals surface area contributed by atoms with Crippen molar-refractivity contribution >= 4 is 5.91 Å². The molecule has 2 aliphatic rings. The lowest BCUT2D eigenvalue weighted by atomic mass is 9.96. The van der Waals surface area contributed by atoms with Crippen LogP contribution in [0.2, 0.25) is 0 Å². The van der Waals surface area contributed by atoms with Crippen LogP contribution in [0, 0.1) is 0 Å². The van der Waals surface area contributed by atoms with Crippen molar-refractivity contribution < 1.29 is 9.32 Å².